The number of carbonyl (C=O) groups is 2. The van der Waals surface area contributed by atoms with Crippen molar-refractivity contribution in [1.29, 1.82) is 0 Å². The van der Waals surface area contributed by atoms with Gasteiger partial charge in [-0.1, -0.05) is 61.9 Å². The second-order valence-electron chi connectivity index (χ2n) is 8.70. The summed E-state index contributed by atoms with van der Waals surface area (Å²) in [6.07, 6.45) is 3.10. The molecule has 3 aromatic carbocycles. The van der Waals surface area contributed by atoms with E-state index in [0.717, 1.165) is 30.4 Å². The van der Waals surface area contributed by atoms with Crippen molar-refractivity contribution in [2.75, 3.05) is 18.4 Å². The van der Waals surface area contributed by atoms with Crippen molar-refractivity contribution in [2.45, 2.75) is 44.6 Å². The summed E-state index contributed by atoms with van der Waals surface area (Å²) in [4.78, 5) is 26.4. The highest BCUT2D eigenvalue weighted by atomic mass is 32.2. The molecular formula is C28H32N2O5S. The minimum atomic E-state index is -3.94. The Morgan fingerprint density at radius 1 is 0.944 bits per heavy atom. The van der Waals surface area contributed by atoms with E-state index >= 15 is 0 Å². The van der Waals surface area contributed by atoms with Gasteiger partial charge in [-0.2, -0.15) is 0 Å². The van der Waals surface area contributed by atoms with Crippen LogP contribution in [-0.4, -0.2) is 38.8 Å². The second kappa shape index (κ2) is 12.4. The fraction of sp³-hybridized carbons (Fsp3) is 0.286. The number of rotatable bonds is 11. The summed E-state index contributed by atoms with van der Waals surface area (Å²) in [7, 11) is -2.32. The van der Waals surface area contributed by atoms with Crippen LogP contribution in [0.15, 0.2) is 77.7 Å². The van der Waals surface area contributed by atoms with Crippen LogP contribution in [0, 0.1) is 6.92 Å². The molecule has 190 valence electrons. The third-order valence-electron chi connectivity index (χ3n) is 5.75. The number of esters is 1. The van der Waals surface area contributed by atoms with Crippen LogP contribution in [0.5, 0.6) is 0 Å². The molecule has 0 saturated heterocycles. The molecule has 36 heavy (non-hydrogen) atoms. The quantitative estimate of drug-likeness (QED) is 0.370. The molecule has 0 atom stereocenters. The summed E-state index contributed by atoms with van der Waals surface area (Å²) < 4.78 is 33.9. The minimum absolute atomic E-state index is 0.0282. The first-order valence-corrected chi connectivity index (χ1v) is 13.4. The van der Waals surface area contributed by atoms with Gasteiger partial charge in [-0.15, -0.1) is 0 Å². The fourth-order valence-corrected chi connectivity index (χ4v) is 4.94. The average Bonchev–Trinajstić information content (AvgIpc) is 2.87. The predicted octanol–water partition coefficient (Wildman–Crippen LogP) is 4.95. The molecular weight excluding hydrogens is 476 g/mol. The molecule has 1 N–H and O–H groups in total. The summed E-state index contributed by atoms with van der Waals surface area (Å²) in [5.74, 6) is -1.13. The van der Waals surface area contributed by atoms with E-state index in [-0.39, 0.29) is 16.4 Å². The molecule has 7 nitrogen and oxygen atoms in total. The number of carbonyl (C=O) groups excluding carboxylic acids is 2. The van der Waals surface area contributed by atoms with Crippen molar-refractivity contribution in [3.05, 3.63) is 95.1 Å². The number of unbranched alkanes of at least 4 members (excludes halogenated alkanes) is 1. The maximum Gasteiger partial charge on any atom is 0.338 e. The van der Waals surface area contributed by atoms with Gasteiger partial charge in [-0.25, -0.2) is 13.2 Å². The molecule has 0 unspecified atom stereocenters. The first-order chi connectivity index (χ1) is 17.2. The molecule has 0 bridgehead atoms. The highest BCUT2D eigenvalue weighted by Gasteiger charge is 2.21. The monoisotopic (exact) mass is 508 g/mol. The van der Waals surface area contributed by atoms with Crippen LogP contribution in [0.1, 0.15) is 46.8 Å². The number of ether oxygens (including phenoxy) is 1. The third-order valence-corrected chi connectivity index (χ3v) is 7.28. The number of likely N-dealkylation sites (N-methyl/N-ethyl adjacent to an activating group) is 1. The lowest BCUT2D eigenvalue weighted by Crippen LogP contribution is -2.30. The molecule has 0 aliphatic rings. The molecule has 0 aromatic heterocycles. The molecule has 0 spiro atoms. The molecule has 3 rings (SSSR count). The molecule has 0 aliphatic heterocycles. The number of amides is 1. The van der Waals surface area contributed by atoms with Crippen LogP contribution < -0.4 is 4.72 Å². The maximum absolute atomic E-state index is 13.1. The SMILES string of the molecule is CCCCc1ccc(NS(=O)(=O)c2cc(C(=O)OCC(=O)N(C)Cc3ccccc3)ccc2C)cc1. The van der Waals surface area contributed by atoms with Gasteiger partial charge in [0, 0.05) is 19.3 Å². The van der Waals surface area contributed by atoms with Crippen LogP contribution in [0.25, 0.3) is 0 Å². The predicted molar refractivity (Wildman–Crippen MR) is 140 cm³/mol. The molecule has 8 heteroatoms. The number of sulfonamides is 1. The van der Waals surface area contributed by atoms with Crippen LogP contribution >= 0.6 is 0 Å². The van der Waals surface area contributed by atoms with E-state index in [1.165, 1.54) is 17.0 Å². The third kappa shape index (κ3) is 7.42. The Kier molecular flexibility index (Phi) is 9.25. The molecule has 0 saturated carbocycles. The van der Waals surface area contributed by atoms with Gasteiger partial charge in [0.15, 0.2) is 6.61 Å². The van der Waals surface area contributed by atoms with Gasteiger partial charge in [0.25, 0.3) is 15.9 Å². The zero-order valence-electron chi connectivity index (χ0n) is 20.9. The maximum atomic E-state index is 13.1. The van der Waals surface area contributed by atoms with Gasteiger partial charge in [0.05, 0.1) is 10.5 Å². The van der Waals surface area contributed by atoms with Crippen molar-refractivity contribution in [2.24, 2.45) is 0 Å². The van der Waals surface area contributed by atoms with E-state index in [1.807, 2.05) is 42.5 Å². The Morgan fingerprint density at radius 3 is 2.31 bits per heavy atom. The van der Waals surface area contributed by atoms with Crippen LogP contribution in [0.3, 0.4) is 0 Å². The van der Waals surface area contributed by atoms with Gasteiger partial charge < -0.3 is 9.64 Å². The highest BCUT2D eigenvalue weighted by molar-refractivity contribution is 7.92. The molecule has 0 heterocycles. The van der Waals surface area contributed by atoms with Crippen molar-refractivity contribution in [3.63, 3.8) is 0 Å². The average molecular weight is 509 g/mol. The van der Waals surface area contributed by atoms with Gasteiger partial charge in [0.2, 0.25) is 0 Å². The Balaban J connectivity index is 1.65. The van der Waals surface area contributed by atoms with Crippen LogP contribution in [-0.2, 0) is 32.5 Å². The first-order valence-electron chi connectivity index (χ1n) is 11.9. The number of aryl methyl sites for hydroxylation is 2. The van der Waals surface area contributed by atoms with Gasteiger partial charge in [0.1, 0.15) is 0 Å². The zero-order valence-corrected chi connectivity index (χ0v) is 21.7. The lowest BCUT2D eigenvalue weighted by molar-refractivity contribution is -0.133. The number of anilines is 1. The van der Waals surface area contributed by atoms with E-state index in [1.54, 1.807) is 32.2 Å². The molecule has 0 radical (unpaired) electrons. The first kappa shape index (κ1) is 26.9. The van der Waals surface area contributed by atoms with E-state index < -0.39 is 22.6 Å². The molecule has 1 amide bonds. The fourth-order valence-electron chi connectivity index (χ4n) is 3.61. The van der Waals surface area contributed by atoms with Crippen molar-refractivity contribution in [1.82, 2.24) is 4.90 Å². The highest BCUT2D eigenvalue weighted by Crippen LogP contribution is 2.22. The van der Waals surface area contributed by atoms with Crippen molar-refractivity contribution < 1.29 is 22.7 Å². The smallest absolute Gasteiger partial charge is 0.338 e. The standard InChI is InChI=1S/C28H32N2O5S/c1-4-5-9-22-13-16-25(17-14-22)29-36(33,34)26-18-24(15-12-21(26)2)28(32)35-20-27(31)30(3)19-23-10-7-6-8-11-23/h6-8,10-18,29H,4-5,9,19-20H2,1-3H3. The van der Waals surface area contributed by atoms with Gasteiger partial charge >= 0.3 is 5.97 Å². The lowest BCUT2D eigenvalue weighted by atomic mass is 10.1. The largest absolute Gasteiger partial charge is 0.452 e. The van der Waals surface area contributed by atoms with Gasteiger partial charge in [-0.05, 0) is 60.7 Å². The number of hydrogen-bond acceptors (Lipinski definition) is 5. The number of hydrogen-bond donors (Lipinski definition) is 1. The van der Waals surface area contributed by atoms with E-state index in [2.05, 4.69) is 11.6 Å². The van der Waals surface area contributed by atoms with E-state index in [9.17, 15) is 18.0 Å². The number of nitrogens with zero attached hydrogens (tertiary/aromatic N) is 1. The van der Waals surface area contributed by atoms with Crippen LogP contribution in [0.2, 0.25) is 0 Å². The summed E-state index contributed by atoms with van der Waals surface area (Å²) >= 11 is 0. The Labute approximate surface area is 213 Å². The Bertz CT molecular complexity index is 1290. The van der Waals surface area contributed by atoms with Crippen LogP contribution in [0.4, 0.5) is 5.69 Å². The second-order valence-corrected chi connectivity index (χ2v) is 10.3. The minimum Gasteiger partial charge on any atom is -0.452 e. The van der Waals surface area contributed by atoms with E-state index in [4.69, 9.17) is 4.74 Å². The van der Waals surface area contributed by atoms with Crippen molar-refractivity contribution in [3.8, 4) is 0 Å². The zero-order chi connectivity index (χ0) is 26.1. The topological polar surface area (TPSA) is 92.8 Å². The Hall–Kier alpha value is -3.65. The Morgan fingerprint density at radius 2 is 1.64 bits per heavy atom. The lowest BCUT2D eigenvalue weighted by Gasteiger charge is -2.17. The molecule has 3 aromatic rings. The summed E-state index contributed by atoms with van der Waals surface area (Å²) in [5.41, 5.74) is 3.07. The van der Waals surface area contributed by atoms with Gasteiger partial charge in [-0.3, -0.25) is 9.52 Å². The summed E-state index contributed by atoms with van der Waals surface area (Å²) in [6, 6.07) is 21.0. The summed E-state index contributed by atoms with van der Waals surface area (Å²) in [6.45, 7) is 3.72. The molecule has 0 fully saturated rings. The normalized spacial score (nSPS) is 11.1. The summed E-state index contributed by atoms with van der Waals surface area (Å²) in [5, 5.41) is 0. The number of nitrogens with one attached hydrogen (secondary N) is 1. The number of benzene rings is 3. The molecule has 0 aliphatic carbocycles. The van der Waals surface area contributed by atoms with Crippen molar-refractivity contribution >= 4 is 27.6 Å². The van der Waals surface area contributed by atoms with E-state index in [0.29, 0.717) is 17.8 Å².